The van der Waals surface area contributed by atoms with Gasteiger partial charge in [0.2, 0.25) is 5.82 Å². The second-order valence-electron chi connectivity index (χ2n) is 7.17. The Labute approximate surface area is 159 Å². The van der Waals surface area contributed by atoms with E-state index < -0.39 is 34.6 Å². The largest absolute Gasteiger partial charge is 0.378 e. The summed E-state index contributed by atoms with van der Waals surface area (Å²) in [6.07, 6.45) is 1.97. The number of nitrogens with zero attached hydrogens (tertiary/aromatic N) is 1. The maximum absolute atomic E-state index is 14.0. The van der Waals surface area contributed by atoms with Crippen molar-refractivity contribution in [3.05, 3.63) is 82.2 Å². The predicted molar refractivity (Wildman–Crippen MR) is 93.0 cm³/mol. The molecular weight excluding hydrogens is 377 g/mol. The molecule has 0 aromatic heterocycles. The van der Waals surface area contributed by atoms with Gasteiger partial charge in [-0.3, -0.25) is 4.90 Å². The molecule has 2 atom stereocenters. The molecule has 2 aromatic carbocycles. The highest BCUT2D eigenvalue weighted by Gasteiger charge is 2.35. The number of hydrogen-bond acceptors (Lipinski definition) is 2. The molecule has 0 radical (unpaired) electrons. The van der Waals surface area contributed by atoms with E-state index in [0.29, 0.717) is 31.8 Å². The van der Waals surface area contributed by atoms with Crippen LogP contribution in [0.1, 0.15) is 17.5 Å². The molecule has 0 aliphatic carbocycles. The molecule has 1 fully saturated rings. The summed E-state index contributed by atoms with van der Waals surface area (Å²) in [4.78, 5) is 2.25. The van der Waals surface area contributed by atoms with Crippen LogP contribution in [0.25, 0.3) is 0 Å². The van der Waals surface area contributed by atoms with Crippen LogP contribution in [-0.4, -0.2) is 30.2 Å². The van der Waals surface area contributed by atoms with Crippen molar-refractivity contribution in [2.24, 2.45) is 0 Å². The van der Waals surface area contributed by atoms with Gasteiger partial charge in [0.15, 0.2) is 23.3 Å². The minimum atomic E-state index is -2.13. The molecule has 2 aliphatic rings. The number of fused-ring (bicyclic) bond motifs is 2. The quantitative estimate of drug-likeness (QED) is 0.327. The summed E-state index contributed by atoms with van der Waals surface area (Å²) in [5.74, 6) is -9.45. The SMILES string of the molecule is Fc1c(F)c(F)c(CC2=CC3COCC(C2)N3Cc2ccccc2)c(F)c1F. The minimum Gasteiger partial charge on any atom is -0.378 e. The summed E-state index contributed by atoms with van der Waals surface area (Å²) in [5.41, 5.74) is 1.01. The maximum Gasteiger partial charge on any atom is 0.200 e. The van der Waals surface area contributed by atoms with Gasteiger partial charge in [-0.15, -0.1) is 0 Å². The smallest absolute Gasteiger partial charge is 0.200 e. The Kier molecular flexibility index (Phi) is 5.21. The highest BCUT2D eigenvalue weighted by Crippen LogP contribution is 2.32. The molecule has 4 rings (SSSR count). The Hall–Kier alpha value is -2.25. The summed E-state index contributed by atoms with van der Waals surface area (Å²) in [6, 6.07) is 9.76. The van der Waals surface area contributed by atoms with Crippen LogP contribution in [0.15, 0.2) is 42.0 Å². The summed E-state index contributed by atoms with van der Waals surface area (Å²) < 4.78 is 73.9. The number of morpholine rings is 1. The number of rotatable bonds is 4. The van der Waals surface area contributed by atoms with Crippen LogP contribution in [0.5, 0.6) is 0 Å². The van der Waals surface area contributed by atoms with Crippen molar-refractivity contribution in [2.45, 2.75) is 31.5 Å². The molecular formula is C21H18F5NO. The van der Waals surface area contributed by atoms with Gasteiger partial charge in [0.25, 0.3) is 0 Å². The van der Waals surface area contributed by atoms with Crippen molar-refractivity contribution in [1.82, 2.24) is 4.90 Å². The molecule has 2 aliphatic heterocycles. The lowest BCUT2D eigenvalue weighted by atomic mass is 9.89. The zero-order valence-electron chi connectivity index (χ0n) is 14.9. The number of hydrogen-bond donors (Lipinski definition) is 0. The Morgan fingerprint density at radius 3 is 2.14 bits per heavy atom. The van der Waals surface area contributed by atoms with Crippen molar-refractivity contribution in [2.75, 3.05) is 13.2 Å². The molecule has 28 heavy (non-hydrogen) atoms. The van der Waals surface area contributed by atoms with E-state index in [4.69, 9.17) is 4.74 Å². The predicted octanol–water partition coefficient (Wildman–Crippen LogP) is 4.52. The van der Waals surface area contributed by atoms with Gasteiger partial charge in [-0.1, -0.05) is 42.0 Å². The third kappa shape index (κ3) is 3.44. The maximum atomic E-state index is 14.0. The second kappa shape index (κ2) is 7.64. The first-order chi connectivity index (χ1) is 13.5. The highest BCUT2D eigenvalue weighted by molar-refractivity contribution is 5.30. The van der Waals surface area contributed by atoms with Gasteiger partial charge in [-0.2, -0.15) is 0 Å². The monoisotopic (exact) mass is 395 g/mol. The van der Waals surface area contributed by atoms with E-state index in [1.54, 1.807) is 0 Å². The molecule has 2 aromatic rings. The van der Waals surface area contributed by atoms with Crippen LogP contribution < -0.4 is 0 Å². The van der Waals surface area contributed by atoms with E-state index >= 15 is 0 Å². The van der Waals surface area contributed by atoms with Gasteiger partial charge in [0.1, 0.15) is 0 Å². The van der Waals surface area contributed by atoms with Crippen LogP contribution in [-0.2, 0) is 17.7 Å². The van der Waals surface area contributed by atoms with Gasteiger partial charge in [-0.05, 0) is 18.4 Å². The van der Waals surface area contributed by atoms with Crippen LogP contribution in [0.2, 0.25) is 0 Å². The van der Waals surface area contributed by atoms with Gasteiger partial charge in [-0.25, -0.2) is 22.0 Å². The van der Waals surface area contributed by atoms with Crippen LogP contribution >= 0.6 is 0 Å². The standard InChI is InChI=1S/C21H18F5NO/c22-17-16(18(23)20(25)21(26)19(17)24)8-13-6-14-10-28-11-15(7-13)27(14)9-12-4-2-1-3-5-12/h1-6,14-15H,7-11H2. The zero-order chi connectivity index (χ0) is 19.8. The van der Waals surface area contributed by atoms with E-state index in [2.05, 4.69) is 4.90 Å². The summed E-state index contributed by atoms with van der Waals surface area (Å²) in [6.45, 7) is 1.58. The molecule has 148 valence electrons. The molecule has 2 nitrogen and oxygen atoms in total. The molecule has 2 unspecified atom stereocenters. The van der Waals surface area contributed by atoms with E-state index in [0.717, 1.165) is 5.56 Å². The molecule has 0 amide bonds. The van der Waals surface area contributed by atoms with E-state index in [9.17, 15) is 22.0 Å². The van der Waals surface area contributed by atoms with Gasteiger partial charge < -0.3 is 4.74 Å². The molecule has 0 N–H and O–H groups in total. The van der Waals surface area contributed by atoms with E-state index in [1.807, 2.05) is 36.4 Å². The van der Waals surface area contributed by atoms with Crippen molar-refractivity contribution in [1.29, 1.82) is 0 Å². The Bertz CT molecular complexity index is 886. The Morgan fingerprint density at radius 2 is 1.50 bits per heavy atom. The van der Waals surface area contributed by atoms with Gasteiger partial charge >= 0.3 is 0 Å². The first kappa shape index (κ1) is 19.1. The molecule has 0 spiro atoms. The Balaban J connectivity index is 1.60. The second-order valence-corrected chi connectivity index (χ2v) is 7.17. The average Bonchev–Trinajstić information content (AvgIpc) is 2.69. The van der Waals surface area contributed by atoms with Crippen molar-refractivity contribution in [3.8, 4) is 0 Å². The third-order valence-electron chi connectivity index (χ3n) is 5.33. The van der Waals surface area contributed by atoms with Gasteiger partial charge in [0, 0.05) is 18.2 Å². The number of halogens is 5. The number of benzene rings is 2. The van der Waals surface area contributed by atoms with Crippen molar-refractivity contribution in [3.63, 3.8) is 0 Å². The van der Waals surface area contributed by atoms with Crippen molar-refractivity contribution >= 4 is 0 Å². The molecule has 1 saturated heterocycles. The first-order valence-corrected chi connectivity index (χ1v) is 9.03. The fourth-order valence-electron chi connectivity index (χ4n) is 3.95. The van der Waals surface area contributed by atoms with Crippen molar-refractivity contribution < 1.29 is 26.7 Å². The lowest BCUT2D eigenvalue weighted by molar-refractivity contribution is -0.0441. The Morgan fingerprint density at radius 1 is 0.857 bits per heavy atom. The third-order valence-corrected chi connectivity index (χ3v) is 5.33. The summed E-state index contributed by atoms with van der Waals surface area (Å²) in [7, 11) is 0. The summed E-state index contributed by atoms with van der Waals surface area (Å²) >= 11 is 0. The zero-order valence-corrected chi connectivity index (χ0v) is 14.9. The van der Waals surface area contributed by atoms with Gasteiger partial charge in [0.05, 0.1) is 19.3 Å². The highest BCUT2D eigenvalue weighted by atomic mass is 19.2. The normalized spacial score (nSPS) is 22.2. The molecule has 2 heterocycles. The fourth-order valence-corrected chi connectivity index (χ4v) is 3.95. The fraction of sp³-hybridized carbons (Fsp3) is 0.333. The average molecular weight is 395 g/mol. The van der Waals surface area contributed by atoms with Crippen LogP contribution in [0.4, 0.5) is 22.0 Å². The topological polar surface area (TPSA) is 12.5 Å². The van der Waals surface area contributed by atoms with Crippen LogP contribution in [0.3, 0.4) is 0 Å². The molecule has 0 saturated carbocycles. The van der Waals surface area contributed by atoms with E-state index in [-0.39, 0.29) is 18.5 Å². The van der Waals surface area contributed by atoms with Crippen LogP contribution in [0, 0.1) is 29.1 Å². The van der Waals surface area contributed by atoms with E-state index in [1.165, 1.54) is 0 Å². The lowest BCUT2D eigenvalue weighted by Gasteiger charge is -2.45. The first-order valence-electron chi connectivity index (χ1n) is 9.03. The lowest BCUT2D eigenvalue weighted by Crippen LogP contribution is -2.53. The molecule has 2 bridgehead atoms. The minimum absolute atomic E-state index is 0.0137. The molecule has 7 heteroatoms. The summed E-state index contributed by atoms with van der Waals surface area (Å²) in [5, 5.41) is 0. The number of ether oxygens (including phenoxy) is 1.